The van der Waals surface area contributed by atoms with Gasteiger partial charge in [0, 0.05) is 24.7 Å². The van der Waals surface area contributed by atoms with E-state index >= 15 is 0 Å². The number of rotatable bonds is 1. The number of pyridine rings is 1. The molecule has 4 heterocycles. The Morgan fingerprint density at radius 1 is 1.27 bits per heavy atom. The third kappa shape index (κ3) is 2.21. The van der Waals surface area contributed by atoms with Crippen molar-refractivity contribution in [3.63, 3.8) is 0 Å². The van der Waals surface area contributed by atoms with E-state index in [-0.39, 0.29) is 21.4 Å². The Morgan fingerprint density at radius 3 is 2.82 bits per heavy atom. The number of nitrogens with zero attached hydrogens (tertiary/aromatic N) is 4. The van der Waals surface area contributed by atoms with Gasteiger partial charge in [-0.1, -0.05) is 11.6 Å². The maximum absolute atomic E-state index is 14.2. The highest BCUT2D eigenvalue weighted by atomic mass is 35.5. The molecule has 0 unspecified atom stereocenters. The number of halogens is 3. The maximum atomic E-state index is 14.2. The summed E-state index contributed by atoms with van der Waals surface area (Å²) in [4.78, 5) is 14.3. The molecule has 0 aromatic carbocycles. The number of piperidine rings is 1. The zero-order valence-corrected chi connectivity index (χ0v) is 13.2. The first-order valence-electron chi connectivity index (χ1n) is 7.08. The number of fused-ring (bicyclic) bond motifs is 1. The van der Waals surface area contributed by atoms with Crippen LogP contribution in [0, 0.1) is 11.2 Å². The standard InChI is InChI=1S/C14H13Cl2FN4O/c15-11-9(17)10-8(4-18-11)12(20-13(16)19-10)21-3-1-2-14(5-21)6-22-7-14/h4H,1-3,5-7H2. The van der Waals surface area contributed by atoms with Crippen molar-refractivity contribution in [2.45, 2.75) is 12.8 Å². The van der Waals surface area contributed by atoms with Gasteiger partial charge in [-0.25, -0.2) is 14.4 Å². The van der Waals surface area contributed by atoms with Gasteiger partial charge >= 0.3 is 0 Å². The van der Waals surface area contributed by atoms with Crippen LogP contribution in [0.1, 0.15) is 12.8 Å². The average molecular weight is 343 g/mol. The van der Waals surface area contributed by atoms with E-state index in [1.165, 1.54) is 6.20 Å². The monoisotopic (exact) mass is 342 g/mol. The first-order valence-corrected chi connectivity index (χ1v) is 7.84. The quantitative estimate of drug-likeness (QED) is 0.588. The van der Waals surface area contributed by atoms with E-state index in [9.17, 15) is 4.39 Å². The minimum Gasteiger partial charge on any atom is -0.380 e. The molecule has 0 amide bonds. The Labute approximate surface area is 136 Å². The third-order valence-electron chi connectivity index (χ3n) is 4.37. The summed E-state index contributed by atoms with van der Waals surface area (Å²) in [6, 6.07) is 0. The minimum absolute atomic E-state index is 0.00755. The first kappa shape index (κ1) is 14.4. The molecule has 0 saturated carbocycles. The maximum Gasteiger partial charge on any atom is 0.225 e. The molecule has 4 rings (SSSR count). The van der Waals surface area contributed by atoms with Crippen molar-refractivity contribution in [3.05, 3.63) is 22.5 Å². The van der Waals surface area contributed by atoms with E-state index in [1.807, 2.05) is 0 Å². The second kappa shape index (κ2) is 5.15. The zero-order valence-electron chi connectivity index (χ0n) is 11.7. The summed E-state index contributed by atoms with van der Waals surface area (Å²) in [6.45, 7) is 3.19. The average Bonchev–Trinajstić information content (AvgIpc) is 2.49. The van der Waals surface area contributed by atoms with Gasteiger partial charge in [0.15, 0.2) is 11.0 Å². The molecule has 116 valence electrons. The Bertz CT molecular complexity index is 753. The third-order valence-corrected chi connectivity index (χ3v) is 4.80. The van der Waals surface area contributed by atoms with Crippen LogP contribution in [-0.2, 0) is 4.74 Å². The summed E-state index contributed by atoms with van der Waals surface area (Å²) in [5.41, 5.74) is 0.292. The lowest BCUT2D eigenvalue weighted by Crippen LogP contribution is -2.54. The highest BCUT2D eigenvalue weighted by molar-refractivity contribution is 6.30. The fourth-order valence-electron chi connectivity index (χ4n) is 3.25. The SMILES string of the molecule is Fc1c(Cl)ncc2c(N3CCCC4(COC4)C3)nc(Cl)nc12. The van der Waals surface area contributed by atoms with Gasteiger partial charge in [0.05, 0.1) is 18.6 Å². The van der Waals surface area contributed by atoms with E-state index in [2.05, 4.69) is 19.9 Å². The van der Waals surface area contributed by atoms with E-state index in [4.69, 9.17) is 27.9 Å². The van der Waals surface area contributed by atoms with E-state index < -0.39 is 5.82 Å². The summed E-state index contributed by atoms with van der Waals surface area (Å²) in [5, 5.41) is 0.326. The van der Waals surface area contributed by atoms with Gasteiger partial charge < -0.3 is 9.64 Å². The van der Waals surface area contributed by atoms with Crippen molar-refractivity contribution in [1.29, 1.82) is 0 Å². The molecule has 2 aromatic heterocycles. The normalized spacial score (nSPS) is 20.4. The molecule has 2 saturated heterocycles. The van der Waals surface area contributed by atoms with Gasteiger partial charge in [-0.15, -0.1) is 0 Å². The molecule has 0 bridgehead atoms. The molecule has 2 aliphatic rings. The lowest BCUT2D eigenvalue weighted by atomic mass is 9.78. The number of aromatic nitrogens is 3. The van der Waals surface area contributed by atoms with Gasteiger partial charge in [0.25, 0.3) is 0 Å². The van der Waals surface area contributed by atoms with Gasteiger partial charge in [0.2, 0.25) is 5.28 Å². The largest absolute Gasteiger partial charge is 0.380 e. The van der Waals surface area contributed by atoms with Gasteiger partial charge in [-0.3, -0.25) is 0 Å². The number of anilines is 1. The molecule has 0 atom stereocenters. The second-order valence-electron chi connectivity index (χ2n) is 5.96. The number of ether oxygens (including phenoxy) is 1. The van der Waals surface area contributed by atoms with Crippen molar-refractivity contribution < 1.29 is 9.13 Å². The van der Waals surface area contributed by atoms with Crippen molar-refractivity contribution in [2.75, 3.05) is 31.2 Å². The molecule has 2 aromatic rings. The highest BCUT2D eigenvalue weighted by Gasteiger charge is 2.42. The van der Waals surface area contributed by atoms with Crippen molar-refractivity contribution in [1.82, 2.24) is 15.0 Å². The predicted octanol–water partition coefficient (Wildman–Crippen LogP) is 3.09. The highest BCUT2D eigenvalue weighted by Crippen LogP contribution is 2.40. The topological polar surface area (TPSA) is 51.1 Å². The summed E-state index contributed by atoms with van der Waals surface area (Å²) >= 11 is 11.7. The molecule has 1 spiro atoms. The Kier molecular flexibility index (Phi) is 3.36. The van der Waals surface area contributed by atoms with Crippen LogP contribution in [-0.4, -0.2) is 41.3 Å². The second-order valence-corrected chi connectivity index (χ2v) is 6.66. The van der Waals surface area contributed by atoms with Gasteiger partial charge in [0.1, 0.15) is 11.3 Å². The van der Waals surface area contributed by atoms with Crippen LogP contribution in [0.3, 0.4) is 0 Å². The fraction of sp³-hybridized carbons (Fsp3) is 0.500. The number of hydrogen-bond donors (Lipinski definition) is 0. The van der Waals surface area contributed by atoms with Crippen molar-refractivity contribution >= 4 is 39.9 Å². The van der Waals surface area contributed by atoms with E-state index in [0.717, 1.165) is 39.1 Å². The van der Waals surface area contributed by atoms with Crippen molar-refractivity contribution in [3.8, 4) is 0 Å². The van der Waals surface area contributed by atoms with Crippen molar-refractivity contribution in [2.24, 2.45) is 5.41 Å². The first-order chi connectivity index (χ1) is 10.6. The molecular weight excluding hydrogens is 330 g/mol. The molecular formula is C14H13Cl2FN4O. The summed E-state index contributed by atoms with van der Waals surface area (Å²) in [5.74, 6) is -0.0486. The van der Waals surface area contributed by atoms with Crippen LogP contribution in [0.5, 0.6) is 0 Å². The van der Waals surface area contributed by atoms with E-state index in [0.29, 0.717) is 11.2 Å². The van der Waals surface area contributed by atoms with Crippen LogP contribution in [0.25, 0.3) is 10.9 Å². The summed E-state index contributed by atoms with van der Waals surface area (Å²) in [6.07, 6.45) is 3.68. The molecule has 8 heteroatoms. The zero-order chi connectivity index (χ0) is 15.3. The fourth-order valence-corrected chi connectivity index (χ4v) is 3.55. The molecule has 0 N–H and O–H groups in total. The molecule has 2 fully saturated rings. The Hall–Kier alpha value is -1.24. The lowest BCUT2D eigenvalue weighted by Gasteiger charge is -2.48. The summed E-state index contributed by atoms with van der Waals surface area (Å²) in [7, 11) is 0. The minimum atomic E-state index is -0.664. The van der Waals surface area contributed by atoms with Crippen LogP contribution in [0.15, 0.2) is 6.20 Å². The molecule has 5 nitrogen and oxygen atoms in total. The summed E-state index contributed by atoms with van der Waals surface area (Å²) < 4.78 is 19.5. The Balaban J connectivity index is 1.82. The van der Waals surface area contributed by atoms with Crippen LogP contribution in [0.4, 0.5) is 10.2 Å². The molecule has 0 aliphatic carbocycles. The van der Waals surface area contributed by atoms with Gasteiger partial charge in [-0.05, 0) is 24.4 Å². The van der Waals surface area contributed by atoms with Gasteiger partial charge in [-0.2, -0.15) is 4.98 Å². The van der Waals surface area contributed by atoms with Crippen LogP contribution < -0.4 is 4.90 Å². The van der Waals surface area contributed by atoms with Crippen LogP contribution >= 0.6 is 23.2 Å². The Morgan fingerprint density at radius 2 is 2.09 bits per heavy atom. The molecule has 0 radical (unpaired) electrons. The molecule has 22 heavy (non-hydrogen) atoms. The van der Waals surface area contributed by atoms with E-state index in [1.54, 1.807) is 0 Å². The number of hydrogen-bond acceptors (Lipinski definition) is 5. The predicted molar refractivity (Wildman–Crippen MR) is 82.0 cm³/mol. The lowest BCUT2D eigenvalue weighted by molar-refractivity contribution is -0.117. The van der Waals surface area contributed by atoms with Crippen LogP contribution in [0.2, 0.25) is 10.4 Å². The smallest absolute Gasteiger partial charge is 0.225 e. The molecule has 2 aliphatic heterocycles.